The molecule has 1 fully saturated rings. The molecule has 0 atom stereocenters. The average molecular weight is 380 g/mol. The van der Waals surface area contributed by atoms with Crippen LogP contribution in [0.2, 0.25) is 0 Å². The lowest BCUT2D eigenvalue weighted by Crippen LogP contribution is -2.50. The van der Waals surface area contributed by atoms with Crippen LogP contribution in [-0.4, -0.2) is 64.8 Å². The van der Waals surface area contributed by atoms with Crippen molar-refractivity contribution in [1.82, 2.24) is 14.4 Å². The third kappa shape index (κ3) is 3.40. The van der Waals surface area contributed by atoms with Crippen LogP contribution in [0.4, 0.5) is 5.69 Å². The first-order valence-electron chi connectivity index (χ1n) is 9.63. The van der Waals surface area contributed by atoms with E-state index in [1.165, 1.54) is 5.56 Å². The molecule has 1 aromatic heterocycles. The van der Waals surface area contributed by atoms with E-state index in [0.717, 1.165) is 12.1 Å². The van der Waals surface area contributed by atoms with Gasteiger partial charge < -0.3 is 19.3 Å². The van der Waals surface area contributed by atoms with Crippen LogP contribution < -0.4 is 4.90 Å². The predicted molar refractivity (Wildman–Crippen MR) is 105 cm³/mol. The van der Waals surface area contributed by atoms with Crippen LogP contribution in [0.5, 0.6) is 0 Å². The number of anilines is 1. The molecule has 0 bridgehead atoms. The number of fused-ring (bicyclic) bond motifs is 1. The summed E-state index contributed by atoms with van der Waals surface area (Å²) < 4.78 is 1.73. The summed E-state index contributed by atoms with van der Waals surface area (Å²) in [6.45, 7) is 4.47. The Hall–Kier alpha value is -3.09. The van der Waals surface area contributed by atoms with Gasteiger partial charge in [0.25, 0.3) is 5.91 Å². The Balaban J connectivity index is 1.44. The number of hydrogen-bond donors (Lipinski definition) is 0. The zero-order valence-corrected chi connectivity index (χ0v) is 16.0. The molecule has 1 saturated heterocycles. The lowest BCUT2D eigenvalue weighted by atomic mass is 10.2. The van der Waals surface area contributed by atoms with Crippen LogP contribution in [0.1, 0.15) is 23.0 Å². The standard InChI is InChI=1S/C21H24N4O3/c1-16(26)22-11-13-23(14-12-22)21(28)19-7-4-9-24(19)15-20(27)25-10-8-17-5-2-3-6-18(17)25/h2-7,9H,8,10-15H2,1H3. The maximum Gasteiger partial charge on any atom is 0.270 e. The Labute approximate surface area is 164 Å². The molecule has 0 aliphatic carbocycles. The van der Waals surface area contributed by atoms with Gasteiger partial charge in [-0.05, 0) is 30.2 Å². The molecular weight excluding hydrogens is 356 g/mol. The Morgan fingerprint density at radius 3 is 2.36 bits per heavy atom. The summed E-state index contributed by atoms with van der Waals surface area (Å²) in [5.41, 5.74) is 2.66. The van der Waals surface area contributed by atoms with E-state index in [2.05, 4.69) is 0 Å². The van der Waals surface area contributed by atoms with Crippen LogP contribution in [0.3, 0.4) is 0 Å². The van der Waals surface area contributed by atoms with Crippen molar-refractivity contribution in [3.63, 3.8) is 0 Å². The summed E-state index contributed by atoms with van der Waals surface area (Å²) in [5, 5.41) is 0. The highest BCUT2D eigenvalue weighted by molar-refractivity contribution is 5.97. The van der Waals surface area contributed by atoms with Crippen molar-refractivity contribution >= 4 is 23.4 Å². The minimum Gasteiger partial charge on any atom is -0.339 e. The maximum atomic E-state index is 12.9. The zero-order valence-electron chi connectivity index (χ0n) is 16.0. The molecule has 1 aromatic carbocycles. The van der Waals surface area contributed by atoms with E-state index in [0.29, 0.717) is 38.4 Å². The van der Waals surface area contributed by atoms with E-state index in [9.17, 15) is 14.4 Å². The number of rotatable bonds is 3. The normalized spacial score (nSPS) is 16.2. The molecule has 0 spiro atoms. The number of carbonyl (C=O) groups is 3. The molecule has 0 saturated carbocycles. The number of piperazine rings is 1. The highest BCUT2D eigenvalue weighted by atomic mass is 16.2. The molecule has 2 aliphatic rings. The van der Waals surface area contributed by atoms with E-state index in [1.807, 2.05) is 24.3 Å². The van der Waals surface area contributed by atoms with Crippen LogP contribution in [0, 0.1) is 0 Å². The van der Waals surface area contributed by atoms with Crippen molar-refractivity contribution in [3.8, 4) is 0 Å². The number of carbonyl (C=O) groups excluding carboxylic acids is 3. The molecule has 7 nitrogen and oxygen atoms in total. The number of hydrogen-bond acceptors (Lipinski definition) is 3. The van der Waals surface area contributed by atoms with Gasteiger partial charge in [0.1, 0.15) is 12.2 Å². The fraction of sp³-hybridized carbons (Fsp3) is 0.381. The average Bonchev–Trinajstić information content (AvgIpc) is 3.34. The van der Waals surface area contributed by atoms with E-state index in [1.54, 1.807) is 44.5 Å². The maximum absolute atomic E-state index is 12.9. The molecule has 2 aliphatic heterocycles. The molecule has 4 rings (SSSR count). The van der Waals surface area contributed by atoms with Gasteiger partial charge in [-0.2, -0.15) is 0 Å². The number of nitrogens with zero attached hydrogens (tertiary/aromatic N) is 4. The van der Waals surface area contributed by atoms with Gasteiger partial charge in [-0.15, -0.1) is 0 Å². The summed E-state index contributed by atoms with van der Waals surface area (Å²) in [6, 6.07) is 11.5. The smallest absolute Gasteiger partial charge is 0.270 e. The molecule has 0 radical (unpaired) electrons. The van der Waals surface area contributed by atoms with Gasteiger partial charge >= 0.3 is 0 Å². The van der Waals surface area contributed by atoms with Gasteiger partial charge in [0.05, 0.1) is 0 Å². The summed E-state index contributed by atoms with van der Waals surface area (Å²) in [5.74, 6) is -0.0774. The zero-order chi connectivity index (χ0) is 19.7. The molecule has 3 heterocycles. The molecule has 0 unspecified atom stereocenters. The predicted octanol–water partition coefficient (Wildman–Crippen LogP) is 1.38. The first kappa shape index (κ1) is 18.3. The molecule has 0 N–H and O–H groups in total. The molecule has 3 amide bonds. The first-order valence-corrected chi connectivity index (χ1v) is 9.63. The van der Waals surface area contributed by atoms with Gasteiger partial charge in [0, 0.05) is 51.5 Å². The number of para-hydroxylation sites is 1. The minimum atomic E-state index is -0.0946. The summed E-state index contributed by atoms with van der Waals surface area (Å²) >= 11 is 0. The van der Waals surface area contributed by atoms with Gasteiger partial charge in [-0.25, -0.2) is 0 Å². The number of aromatic nitrogens is 1. The second-order valence-electron chi connectivity index (χ2n) is 7.24. The van der Waals surface area contributed by atoms with Crippen molar-refractivity contribution in [2.24, 2.45) is 0 Å². The molecule has 2 aromatic rings. The first-order chi connectivity index (χ1) is 13.5. The fourth-order valence-corrected chi connectivity index (χ4v) is 3.96. The Morgan fingerprint density at radius 2 is 1.61 bits per heavy atom. The molecule has 7 heteroatoms. The minimum absolute atomic E-state index is 0.0170. The summed E-state index contributed by atoms with van der Waals surface area (Å²) in [7, 11) is 0. The third-order valence-corrected chi connectivity index (χ3v) is 5.55. The van der Waals surface area contributed by atoms with Crippen LogP contribution in [0.25, 0.3) is 0 Å². The largest absolute Gasteiger partial charge is 0.339 e. The van der Waals surface area contributed by atoms with Gasteiger partial charge in [0.15, 0.2) is 0 Å². The summed E-state index contributed by atoms with van der Waals surface area (Å²) in [4.78, 5) is 42.6. The summed E-state index contributed by atoms with van der Waals surface area (Å²) in [6.07, 6.45) is 2.64. The fourth-order valence-electron chi connectivity index (χ4n) is 3.96. The van der Waals surface area contributed by atoms with Crippen molar-refractivity contribution in [2.75, 3.05) is 37.6 Å². The van der Waals surface area contributed by atoms with Gasteiger partial charge in [-0.1, -0.05) is 18.2 Å². The highest BCUT2D eigenvalue weighted by Crippen LogP contribution is 2.27. The second kappa shape index (κ2) is 7.50. The van der Waals surface area contributed by atoms with E-state index >= 15 is 0 Å². The van der Waals surface area contributed by atoms with Gasteiger partial charge in [-0.3, -0.25) is 14.4 Å². The van der Waals surface area contributed by atoms with Crippen LogP contribution in [-0.2, 0) is 22.6 Å². The molecular formula is C21H24N4O3. The second-order valence-corrected chi connectivity index (χ2v) is 7.24. The quantitative estimate of drug-likeness (QED) is 0.808. The lowest BCUT2D eigenvalue weighted by molar-refractivity contribution is -0.130. The lowest BCUT2D eigenvalue weighted by Gasteiger charge is -2.34. The van der Waals surface area contributed by atoms with Crippen molar-refractivity contribution in [2.45, 2.75) is 19.9 Å². The van der Waals surface area contributed by atoms with Crippen molar-refractivity contribution in [1.29, 1.82) is 0 Å². The third-order valence-electron chi connectivity index (χ3n) is 5.55. The van der Waals surface area contributed by atoms with Crippen molar-refractivity contribution < 1.29 is 14.4 Å². The van der Waals surface area contributed by atoms with Crippen LogP contribution in [0.15, 0.2) is 42.6 Å². The van der Waals surface area contributed by atoms with E-state index < -0.39 is 0 Å². The Kier molecular flexibility index (Phi) is 4.90. The number of benzene rings is 1. The van der Waals surface area contributed by atoms with Crippen LogP contribution >= 0.6 is 0 Å². The molecule has 146 valence electrons. The Bertz CT molecular complexity index is 912. The van der Waals surface area contributed by atoms with Gasteiger partial charge in [0.2, 0.25) is 11.8 Å². The highest BCUT2D eigenvalue weighted by Gasteiger charge is 2.27. The van der Waals surface area contributed by atoms with E-state index in [-0.39, 0.29) is 24.3 Å². The molecule has 28 heavy (non-hydrogen) atoms. The topological polar surface area (TPSA) is 65.9 Å². The number of amides is 3. The van der Waals surface area contributed by atoms with Crippen molar-refractivity contribution in [3.05, 3.63) is 53.9 Å². The monoisotopic (exact) mass is 380 g/mol. The van der Waals surface area contributed by atoms with E-state index in [4.69, 9.17) is 0 Å². The SMILES string of the molecule is CC(=O)N1CCN(C(=O)c2cccn2CC(=O)N2CCc3ccccc32)CC1. The Morgan fingerprint density at radius 1 is 0.893 bits per heavy atom.